The summed E-state index contributed by atoms with van der Waals surface area (Å²) in [5.41, 5.74) is 0.785. The molecule has 2 N–H and O–H groups in total. The van der Waals surface area contributed by atoms with Crippen LogP contribution in [-0.2, 0) is 19.6 Å². The minimum atomic E-state index is -3.78. The number of amides is 2. The second kappa shape index (κ2) is 10.0. The lowest BCUT2D eigenvalue weighted by molar-refractivity contribution is -0.136. The van der Waals surface area contributed by atoms with Crippen LogP contribution in [0.4, 0.5) is 10.1 Å². The van der Waals surface area contributed by atoms with E-state index in [1.807, 2.05) is 0 Å². The number of piperidine rings is 1. The summed E-state index contributed by atoms with van der Waals surface area (Å²) in [5.74, 6) is -2.00. The quantitative estimate of drug-likeness (QED) is 0.666. The highest BCUT2D eigenvalue weighted by Crippen LogP contribution is 2.27. The summed E-state index contributed by atoms with van der Waals surface area (Å²) in [5, 5.41) is 5.06. The molecule has 2 amide bonds. The second-order valence-electron chi connectivity index (χ2n) is 7.54. The van der Waals surface area contributed by atoms with Crippen molar-refractivity contribution in [2.24, 2.45) is 0 Å². The van der Waals surface area contributed by atoms with Gasteiger partial charge >= 0.3 is 11.8 Å². The van der Waals surface area contributed by atoms with Crippen molar-refractivity contribution in [1.29, 1.82) is 0 Å². The summed E-state index contributed by atoms with van der Waals surface area (Å²) in [6.45, 7) is 2.06. The fourth-order valence-corrected chi connectivity index (χ4v) is 5.44. The molecule has 1 aliphatic heterocycles. The largest absolute Gasteiger partial charge is 0.348 e. The van der Waals surface area contributed by atoms with Gasteiger partial charge in [-0.2, -0.15) is 4.31 Å². The third-order valence-electron chi connectivity index (χ3n) is 5.31. The predicted octanol–water partition coefficient (Wildman–Crippen LogP) is 2.82. The standard InChI is InChI=1S/C22H26FN3O4S/c1-16-15-19(10-11-20(16)23)31(29,30)26-14-6-5-9-18(26)12-13-24-21(27)22(28)25-17-7-3-2-4-8-17/h2-4,7-8,10-11,15,18H,5-6,9,12-14H2,1H3,(H,24,27)(H,25,28)/t18-/m1/s1. The van der Waals surface area contributed by atoms with Crippen LogP contribution in [0.25, 0.3) is 0 Å². The molecule has 0 aromatic heterocycles. The van der Waals surface area contributed by atoms with Gasteiger partial charge in [-0.15, -0.1) is 0 Å². The van der Waals surface area contributed by atoms with Gasteiger partial charge < -0.3 is 10.6 Å². The van der Waals surface area contributed by atoms with Gasteiger partial charge in [0.05, 0.1) is 4.90 Å². The topological polar surface area (TPSA) is 95.6 Å². The van der Waals surface area contributed by atoms with Gasteiger partial charge in [-0.05, 0) is 62.1 Å². The minimum Gasteiger partial charge on any atom is -0.348 e. The molecule has 0 saturated carbocycles. The van der Waals surface area contributed by atoms with Crippen molar-refractivity contribution >= 4 is 27.5 Å². The Bertz CT molecular complexity index is 1040. The number of hydrogen-bond donors (Lipinski definition) is 2. The number of rotatable bonds is 6. The summed E-state index contributed by atoms with van der Waals surface area (Å²) in [6, 6.07) is 12.1. The summed E-state index contributed by atoms with van der Waals surface area (Å²) in [4.78, 5) is 24.1. The van der Waals surface area contributed by atoms with Crippen molar-refractivity contribution in [3.63, 3.8) is 0 Å². The average Bonchev–Trinajstić information content (AvgIpc) is 2.76. The third kappa shape index (κ3) is 5.68. The molecule has 2 aromatic rings. The van der Waals surface area contributed by atoms with Crippen LogP contribution in [0.2, 0.25) is 0 Å². The van der Waals surface area contributed by atoms with E-state index in [0.717, 1.165) is 18.9 Å². The van der Waals surface area contributed by atoms with Crippen molar-refractivity contribution in [1.82, 2.24) is 9.62 Å². The number of aryl methyl sites for hydroxylation is 1. The van der Waals surface area contributed by atoms with Crippen LogP contribution in [0.15, 0.2) is 53.4 Å². The van der Waals surface area contributed by atoms with Crippen LogP contribution in [0.3, 0.4) is 0 Å². The van der Waals surface area contributed by atoms with Crippen LogP contribution >= 0.6 is 0 Å². The number of carbonyl (C=O) groups is 2. The molecule has 31 heavy (non-hydrogen) atoms. The normalized spacial score (nSPS) is 17.2. The average molecular weight is 448 g/mol. The fraction of sp³-hybridized carbons (Fsp3) is 0.364. The van der Waals surface area contributed by atoms with Gasteiger partial charge in [0, 0.05) is 24.8 Å². The Morgan fingerprint density at radius 2 is 1.84 bits per heavy atom. The van der Waals surface area contributed by atoms with E-state index in [0.29, 0.717) is 25.1 Å². The fourth-order valence-electron chi connectivity index (χ4n) is 3.63. The number of benzene rings is 2. The Morgan fingerprint density at radius 1 is 1.10 bits per heavy atom. The molecular formula is C22H26FN3O4S. The molecule has 0 radical (unpaired) electrons. The lowest BCUT2D eigenvalue weighted by Crippen LogP contribution is -2.45. The first-order valence-corrected chi connectivity index (χ1v) is 11.7. The van der Waals surface area contributed by atoms with Crippen molar-refractivity contribution in [2.45, 2.75) is 43.5 Å². The van der Waals surface area contributed by atoms with Gasteiger partial charge in [-0.1, -0.05) is 24.6 Å². The Labute approximate surface area is 181 Å². The molecule has 0 unspecified atom stereocenters. The van der Waals surface area contributed by atoms with Gasteiger partial charge in [0.25, 0.3) is 0 Å². The molecule has 3 rings (SSSR count). The van der Waals surface area contributed by atoms with E-state index in [4.69, 9.17) is 0 Å². The Hall–Kier alpha value is -2.78. The highest BCUT2D eigenvalue weighted by Gasteiger charge is 2.33. The maximum Gasteiger partial charge on any atom is 0.313 e. The van der Waals surface area contributed by atoms with E-state index in [1.54, 1.807) is 30.3 Å². The molecule has 1 fully saturated rings. The molecule has 1 saturated heterocycles. The highest BCUT2D eigenvalue weighted by atomic mass is 32.2. The van der Waals surface area contributed by atoms with Crippen LogP contribution in [0.1, 0.15) is 31.2 Å². The number of para-hydroxylation sites is 1. The number of sulfonamides is 1. The summed E-state index contributed by atoms with van der Waals surface area (Å²) in [7, 11) is -3.78. The van der Waals surface area contributed by atoms with Gasteiger partial charge in [0.1, 0.15) is 5.82 Å². The highest BCUT2D eigenvalue weighted by molar-refractivity contribution is 7.89. The Morgan fingerprint density at radius 3 is 2.55 bits per heavy atom. The van der Waals surface area contributed by atoms with Crippen LogP contribution in [0, 0.1) is 12.7 Å². The number of anilines is 1. The van der Waals surface area contributed by atoms with E-state index in [9.17, 15) is 22.4 Å². The molecule has 9 heteroatoms. The molecule has 166 valence electrons. The maximum atomic E-state index is 13.6. The van der Waals surface area contributed by atoms with Gasteiger partial charge in [0.2, 0.25) is 10.0 Å². The van der Waals surface area contributed by atoms with Gasteiger partial charge in [0.15, 0.2) is 0 Å². The molecule has 1 heterocycles. The van der Waals surface area contributed by atoms with E-state index < -0.39 is 27.7 Å². The third-order valence-corrected chi connectivity index (χ3v) is 7.26. The van der Waals surface area contributed by atoms with E-state index >= 15 is 0 Å². The molecule has 1 aliphatic rings. The van der Waals surface area contributed by atoms with E-state index in [-0.39, 0.29) is 23.0 Å². The molecule has 2 aromatic carbocycles. The first kappa shape index (κ1) is 22.9. The van der Waals surface area contributed by atoms with Crippen molar-refractivity contribution < 1.29 is 22.4 Å². The maximum absolute atomic E-state index is 13.6. The summed E-state index contributed by atoms with van der Waals surface area (Å²) in [6.07, 6.45) is 2.65. The van der Waals surface area contributed by atoms with Crippen LogP contribution < -0.4 is 10.6 Å². The molecule has 0 spiro atoms. The number of carbonyl (C=O) groups excluding carboxylic acids is 2. The van der Waals surface area contributed by atoms with Gasteiger partial charge in [-0.25, -0.2) is 12.8 Å². The zero-order chi connectivity index (χ0) is 22.4. The minimum absolute atomic E-state index is 0.0598. The predicted molar refractivity (Wildman–Crippen MR) is 115 cm³/mol. The van der Waals surface area contributed by atoms with Crippen molar-refractivity contribution in [3.8, 4) is 0 Å². The number of nitrogens with one attached hydrogen (secondary N) is 2. The monoisotopic (exact) mass is 447 g/mol. The molecule has 0 bridgehead atoms. The second-order valence-corrected chi connectivity index (χ2v) is 9.43. The molecule has 1 atom stereocenters. The summed E-state index contributed by atoms with van der Waals surface area (Å²) < 4.78 is 41.2. The molecular weight excluding hydrogens is 421 g/mol. The van der Waals surface area contributed by atoms with Crippen LogP contribution in [-0.4, -0.2) is 43.7 Å². The molecule has 0 aliphatic carbocycles. The zero-order valence-corrected chi connectivity index (χ0v) is 18.1. The lowest BCUT2D eigenvalue weighted by atomic mass is 10.0. The van der Waals surface area contributed by atoms with Gasteiger partial charge in [-0.3, -0.25) is 9.59 Å². The SMILES string of the molecule is Cc1cc(S(=O)(=O)N2CCCC[C@@H]2CCNC(=O)C(=O)Nc2ccccc2)ccc1F. The smallest absolute Gasteiger partial charge is 0.313 e. The van der Waals surface area contributed by atoms with Crippen molar-refractivity contribution in [3.05, 3.63) is 59.9 Å². The van der Waals surface area contributed by atoms with E-state index in [2.05, 4.69) is 10.6 Å². The lowest BCUT2D eigenvalue weighted by Gasteiger charge is -2.34. The number of hydrogen-bond acceptors (Lipinski definition) is 4. The first-order chi connectivity index (χ1) is 14.8. The Kier molecular flexibility index (Phi) is 7.40. The summed E-state index contributed by atoms with van der Waals surface area (Å²) >= 11 is 0. The van der Waals surface area contributed by atoms with Crippen LogP contribution in [0.5, 0.6) is 0 Å². The van der Waals surface area contributed by atoms with E-state index in [1.165, 1.54) is 23.4 Å². The number of halogens is 1. The number of nitrogens with zero attached hydrogens (tertiary/aromatic N) is 1. The Balaban J connectivity index is 1.60. The first-order valence-electron chi connectivity index (χ1n) is 10.2. The van der Waals surface area contributed by atoms with Crippen molar-refractivity contribution in [2.75, 3.05) is 18.4 Å². The zero-order valence-electron chi connectivity index (χ0n) is 17.3. The molecule has 7 nitrogen and oxygen atoms in total.